The van der Waals surface area contributed by atoms with E-state index < -0.39 is 116 Å². The summed E-state index contributed by atoms with van der Waals surface area (Å²) in [6.45, 7) is 0.0638. The molecule has 0 spiro atoms. The van der Waals surface area contributed by atoms with Crippen molar-refractivity contribution in [3.63, 3.8) is 0 Å². The van der Waals surface area contributed by atoms with Gasteiger partial charge in [0.15, 0.2) is 0 Å². The first-order chi connectivity index (χ1) is 31.7. The minimum Gasteiger partial charge on any atom is -0.481 e. The smallest absolute Gasteiger partial charge is 0.326 e. The number of halogens is 1. The zero-order valence-electron chi connectivity index (χ0n) is 36.2. The van der Waals surface area contributed by atoms with E-state index in [9.17, 15) is 72.8 Å². The standard InChI is InChI=1S/C41H54FN9O16/c42-11-1-2-26-21-51(48-47-26)27-19-24(34(56)49-12-7-22(8-13-49)16-30(38(62)63)45-40(66)43-28(36(58)59)3-5-32(52)53)18-25(20-27)35(57)50-14-9-23(10-15-50)17-31(39(64)65)46-41(67)44-29(37(60)61)4-6-33(54)55/h18-23,28-31H,1-17H2,(H,52,53)(H,54,55)(H,58,59)(H,60,61)(H,62,63)(H,64,65)(H2,43,45,66)(H2,44,46,67)/t28-,29-,30-,31-/m0/s1. The molecule has 0 bridgehead atoms. The summed E-state index contributed by atoms with van der Waals surface area (Å²) < 4.78 is 14.3. The number of nitrogens with one attached hydrogen (secondary N) is 4. The molecule has 2 aliphatic rings. The van der Waals surface area contributed by atoms with Gasteiger partial charge in [-0.15, -0.1) is 5.10 Å². The van der Waals surface area contributed by atoms with Gasteiger partial charge < -0.3 is 61.7 Å². The Kier molecular flexibility index (Phi) is 19.3. The third-order valence-electron chi connectivity index (χ3n) is 11.4. The summed E-state index contributed by atoms with van der Waals surface area (Å²) in [6.07, 6.45) is 1.19. The van der Waals surface area contributed by atoms with Gasteiger partial charge in [0, 0.05) is 50.1 Å². The summed E-state index contributed by atoms with van der Waals surface area (Å²) in [5.74, 6) is -9.87. The number of carboxylic acids is 6. The van der Waals surface area contributed by atoms with E-state index >= 15 is 0 Å². The topological polar surface area (TPSA) is 377 Å². The van der Waals surface area contributed by atoms with Gasteiger partial charge in [0.1, 0.15) is 24.2 Å². The zero-order valence-corrected chi connectivity index (χ0v) is 36.2. The van der Waals surface area contributed by atoms with Crippen molar-refractivity contribution in [1.29, 1.82) is 0 Å². The molecule has 2 aromatic rings. The number of hydrogen-bond acceptors (Lipinski definition) is 12. The van der Waals surface area contributed by atoms with E-state index in [1.54, 1.807) is 6.20 Å². The summed E-state index contributed by atoms with van der Waals surface area (Å²) >= 11 is 0. The van der Waals surface area contributed by atoms with Crippen molar-refractivity contribution in [2.45, 2.75) is 101 Å². The largest absolute Gasteiger partial charge is 0.481 e. The number of carbonyl (C=O) groups excluding carboxylic acids is 4. The second-order valence-corrected chi connectivity index (χ2v) is 16.3. The Morgan fingerprint density at radius 2 is 0.985 bits per heavy atom. The molecule has 0 radical (unpaired) electrons. The van der Waals surface area contributed by atoms with Crippen LogP contribution in [0.4, 0.5) is 14.0 Å². The van der Waals surface area contributed by atoms with Gasteiger partial charge in [-0.25, -0.2) is 33.4 Å². The molecule has 0 aliphatic carbocycles. The predicted octanol–water partition coefficient (Wildman–Crippen LogP) is 0.795. The highest BCUT2D eigenvalue weighted by atomic mass is 19.1. The minimum absolute atomic E-state index is 0.0638. The highest BCUT2D eigenvalue weighted by Crippen LogP contribution is 2.27. The summed E-state index contributed by atoms with van der Waals surface area (Å²) in [4.78, 5) is 125. The Hall–Kier alpha value is -7.41. The molecule has 26 heteroatoms. The van der Waals surface area contributed by atoms with Crippen molar-refractivity contribution in [3.05, 3.63) is 41.2 Å². The Labute approximate surface area is 381 Å². The molecule has 10 N–H and O–H groups in total. The average molecular weight is 948 g/mol. The average Bonchev–Trinajstić information content (AvgIpc) is 3.76. The number of carbonyl (C=O) groups is 10. The van der Waals surface area contributed by atoms with Crippen LogP contribution in [0, 0.1) is 11.8 Å². The van der Waals surface area contributed by atoms with E-state index in [1.165, 1.54) is 32.7 Å². The van der Waals surface area contributed by atoms with Crippen LogP contribution in [0.3, 0.4) is 0 Å². The lowest BCUT2D eigenvalue weighted by Gasteiger charge is -2.34. The highest BCUT2D eigenvalue weighted by molar-refractivity contribution is 6.01. The lowest BCUT2D eigenvalue weighted by Crippen LogP contribution is -2.52. The van der Waals surface area contributed by atoms with E-state index in [0.717, 1.165) is 0 Å². The molecule has 366 valence electrons. The van der Waals surface area contributed by atoms with Crippen LogP contribution in [-0.4, -0.2) is 172 Å². The van der Waals surface area contributed by atoms with E-state index in [-0.39, 0.29) is 74.8 Å². The molecule has 2 fully saturated rings. The van der Waals surface area contributed by atoms with E-state index in [1.807, 2.05) is 0 Å². The van der Waals surface area contributed by atoms with Crippen LogP contribution in [0.5, 0.6) is 0 Å². The maximum Gasteiger partial charge on any atom is 0.326 e. The number of aliphatic carboxylic acids is 6. The van der Waals surface area contributed by atoms with Gasteiger partial charge in [-0.2, -0.15) is 0 Å². The van der Waals surface area contributed by atoms with Crippen LogP contribution in [0.2, 0.25) is 0 Å². The quantitative estimate of drug-likeness (QED) is 0.0695. The number of urea groups is 2. The molecule has 67 heavy (non-hydrogen) atoms. The molecule has 4 rings (SSSR count). The van der Waals surface area contributed by atoms with E-state index in [0.29, 0.717) is 37.1 Å². The number of nitrogens with zero attached hydrogens (tertiary/aromatic N) is 5. The maximum absolute atomic E-state index is 14.1. The number of aromatic nitrogens is 3. The molecular weight excluding hydrogens is 893 g/mol. The number of rotatable bonds is 24. The molecular formula is C41H54FN9O16. The first-order valence-corrected chi connectivity index (χ1v) is 21.4. The van der Waals surface area contributed by atoms with Crippen LogP contribution in [-0.2, 0) is 35.2 Å². The van der Waals surface area contributed by atoms with Gasteiger partial charge in [-0.3, -0.25) is 23.6 Å². The fourth-order valence-corrected chi connectivity index (χ4v) is 7.76. The Morgan fingerprint density at radius 1 is 0.597 bits per heavy atom. The number of carboxylic acid groups (broad SMARTS) is 6. The van der Waals surface area contributed by atoms with E-state index in [4.69, 9.17) is 10.2 Å². The zero-order chi connectivity index (χ0) is 49.4. The van der Waals surface area contributed by atoms with Gasteiger partial charge in [-0.05, 0) is 94.2 Å². The predicted molar refractivity (Wildman–Crippen MR) is 225 cm³/mol. The Morgan fingerprint density at radius 3 is 1.34 bits per heavy atom. The molecule has 0 saturated carbocycles. The highest BCUT2D eigenvalue weighted by Gasteiger charge is 2.33. The molecule has 1 aromatic heterocycles. The van der Waals surface area contributed by atoms with Gasteiger partial charge >= 0.3 is 47.9 Å². The number of benzene rings is 1. The lowest BCUT2D eigenvalue weighted by atomic mass is 9.89. The number of likely N-dealkylation sites (tertiary alicyclic amines) is 2. The molecule has 3 heterocycles. The SMILES string of the molecule is O=C(O)CC[C@H](NC(=O)N[C@@H](CC1CCN(C(=O)c2cc(C(=O)N3CCC(C[C@H](NC(=O)N[C@@H](CCC(=O)O)C(=O)O)C(=O)O)CC3)cc(-n3cc(CCCF)nn3)c2)CC1)C(=O)O)C(=O)O. The van der Waals surface area contributed by atoms with Gasteiger partial charge in [0.2, 0.25) is 0 Å². The van der Waals surface area contributed by atoms with Crippen LogP contribution in [0.15, 0.2) is 24.4 Å². The van der Waals surface area contributed by atoms with Gasteiger partial charge in [0.05, 0.1) is 24.3 Å². The number of hydrogen-bond donors (Lipinski definition) is 10. The summed E-state index contributed by atoms with van der Waals surface area (Å²) in [5, 5.41) is 72.9. The fraction of sp³-hybridized carbons (Fsp3) is 0.561. The van der Waals surface area contributed by atoms with Crippen molar-refractivity contribution < 1.29 is 83.0 Å². The Bertz CT molecular complexity index is 2030. The van der Waals surface area contributed by atoms with Crippen LogP contribution < -0.4 is 21.3 Å². The van der Waals surface area contributed by atoms with Gasteiger partial charge in [0.25, 0.3) is 11.8 Å². The van der Waals surface area contributed by atoms with Crippen molar-refractivity contribution >= 4 is 59.7 Å². The molecule has 6 amide bonds. The second-order valence-electron chi connectivity index (χ2n) is 16.3. The van der Waals surface area contributed by atoms with Crippen molar-refractivity contribution in [2.24, 2.45) is 11.8 Å². The van der Waals surface area contributed by atoms with E-state index in [2.05, 4.69) is 31.6 Å². The number of alkyl halides is 1. The monoisotopic (exact) mass is 947 g/mol. The maximum atomic E-state index is 14.1. The second kappa shape index (κ2) is 24.8. The van der Waals surface area contributed by atoms with Crippen molar-refractivity contribution in [1.82, 2.24) is 46.1 Å². The third-order valence-corrected chi connectivity index (χ3v) is 11.4. The van der Waals surface area contributed by atoms with Crippen molar-refractivity contribution in [3.8, 4) is 5.69 Å². The summed E-state index contributed by atoms with van der Waals surface area (Å²) in [6, 6.07) is -3.81. The first kappa shape index (κ1) is 52.2. The molecule has 2 saturated heterocycles. The van der Waals surface area contributed by atoms with Gasteiger partial charge in [-0.1, -0.05) is 5.21 Å². The lowest BCUT2D eigenvalue weighted by molar-refractivity contribution is -0.142. The Balaban J connectivity index is 1.43. The first-order valence-electron chi connectivity index (χ1n) is 21.4. The van der Waals surface area contributed by atoms with Crippen molar-refractivity contribution in [2.75, 3.05) is 32.9 Å². The molecule has 2 aliphatic heterocycles. The normalized spacial score (nSPS) is 16.1. The molecule has 25 nitrogen and oxygen atoms in total. The van der Waals surface area contributed by atoms with Crippen LogP contribution in [0.1, 0.15) is 97.0 Å². The fourth-order valence-electron chi connectivity index (χ4n) is 7.76. The van der Waals surface area contributed by atoms with Crippen LogP contribution >= 0.6 is 0 Å². The third kappa shape index (κ3) is 16.2. The summed E-state index contributed by atoms with van der Waals surface area (Å²) in [7, 11) is 0. The number of piperidine rings is 2. The minimum atomic E-state index is -1.58. The molecule has 4 atom stereocenters. The number of aryl methyl sites for hydroxylation is 1. The molecule has 0 unspecified atom stereocenters. The summed E-state index contributed by atoms with van der Waals surface area (Å²) in [5.41, 5.74) is 0.967. The number of amides is 6. The molecule has 1 aromatic carbocycles. The van der Waals surface area contributed by atoms with Crippen LogP contribution in [0.25, 0.3) is 5.69 Å².